The van der Waals surface area contributed by atoms with Gasteiger partial charge in [0.15, 0.2) is 0 Å². The molecule has 1 rings (SSSR count). The van der Waals surface area contributed by atoms with Crippen molar-refractivity contribution in [1.29, 1.82) is 0 Å². The molecule has 0 spiro atoms. The lowest BCUT2D eigenvalue weighted by Crippen LogP contribution is -2.12. The van der Waals surface area contributed by atoms with Crippen molar-refractivity contribution in [3.05, 3.63) is 29.8 Å². The van der Waals surface area contributed by atoms with E-state index in [1.807, 2.05) is 24.3 Å². The first-order valence-corrected chi connectivity index (χ1v) is 7.40. The standard InChI is InChI=1S/C13H17NO2S/c1-3-12-7-5-8-13(11-12)14-9-6-10-17(15,16)4-2/h1,5,7-8,11,14H,4,6,9-10H2,2H3. The van der Waals surface area contributed by atoms with E-state index >= 15 is 0 Å². The summed E-state index contributed by atoms with van der Waals surface area (Å²) < 4.78 is 22.5. The molecule has 0 aliphatic heterocycles. The molecule has 1 aromatic carbocycles. The molecular formula is C13H17NO2S. The van der Waals surface area contributed by atoms with E-state index in [4.69, 9.17) is 6.42 Å². The Morgan fingerprint density at radius 2 is 2.18 bits per heavy atom. The van der Waals surface area contributed by atoms with Gasteiger partial charge in [0.25, 0.3) is 0 Å². The fourth-order valence-electron chi connectivity index (χ4n) is 1.39. The van der Waals surface area contributed by atoms with Gasteiger partial charge in [0, 0.05) is 23.5 Å². The molecule has 1 N–H and O–H groups in total. The van der Waals surface area contributed by atoms with Crippen LogP contribution in [-0.2, 0) is 9.84 Å². The van der Waals surface area contributed by atoms with Crippen molar-refractivity contribution in [2.24, 2.45) is 0 Å². The van der Waals surface area contributed by atoms with Crippen LogP contribution in [0.25, 0.3) is 0 Å². The van der Waals surface area contributed by atoms with E-state index in [1.54, 1.807) is 6.92 Å². The molecule has 1 aromatic rings. The van der Waals surface area contributed by atoms with Crippen molar-refractivity contribution >= 4 is 15.5 Å². The van der Waals surface area contributed by atoms with Crippen molar-refractivity contribution in [2.75, 3.05) is 23.4 Å². The summed E-state index contributed by atoms with van der Waals surface area (Å²) in [5, 5.41) is 3.16. The molecule has 0 saturated heterocycles. The molecule has 0 fully saturated rings. The number of benzene rings is 1. The van der Waals surface area contributed by atoms with Crippen molar-refractivity contribution in [3.8, 4) is 12.3 Å². The molecule has 0 aromatic heterocycles. The molecule has 0 unspecified atom stereocenters. The Balaban J connectivity index is 2.39. The minimum absolute atomic E-state index is 0.208. The average molecular weight is 251 g/mol. The van der Waals surface area contributed by atoms with Gasteiger partial charge in [-0.15, -0.1) is 6.42 Å². The van der Waals surface area contributed by atoms with E-state index in [2.05, 4.69) is 11.2 Å². The molecule has 0 atom stereocenters. The van der Waals surface area contributed by atoms with Crippen LogP contribution in [0.4, 0.5) is 5.69 Å². The largest absolute Gasteiger partial charge is 0.385 e. The number of hydrogen-bond donors (Lipinski definition) is 1. The molecular weight excluding hydrogens is 234 g/mol. The highest BCUT2D eigenvalue weighted by atomic mass is 32.2. The van der Waals surface area contributed by atoms with Crippen molar-refractivity contribution < 1.29 is 8.42 Å². The maximum atomic E-state index is 11.3. The maximum absolute atomic E-state index is 11.3. The zero-order chi connectivity index (χ0) is 12.7. The zero-order valence-corrected chi connectivity index (χ0v) is 10.8. The van der Waals surface area contributed by atoms with Gasteiger partial charge in [-0.25, -0.2) is 8.42 Å². The number of anilines is 1. The van der Waals surface area contributed by atoms with E-state index in [0.717, 1.165) is 11.3 Å². The van der Waals surface area contributed by atoms with Crippen LogP contribution < -0.4 is 5.32 Å². The number of sulfone groups is 1. The predicted molar refractivity (Wildman–Crippen MR) is 71.8 cm³/mol. The summed E-state index contributed by atoms with van der Waals surface area (Å²) in [6.45, 7) is 2.30. The third kappa shape index (κ3) is 4.92. The van der Waals surface area contributed by atoms with Crippen molar-refractivity contribution in [1.82, 2.24) is 0 Å². The first kappa shape index (κ1) is 13.6. The lowest BCUT2D eigenvalue weighted by Gasteiger charge is -2.06. The Morgan fingerprint density at radius 1 is 1.41 bits per heavy atom. The van der Waals surface area contributed by atoms with E-state index in [0.29, 0.717) is 13.0 Å². The third-order valence-electron chi connectivity index (χ3n) is 2.43. The lowest BCUT2D eigenvalue weighted by molar-refractivity contribution is 0.595. The van der Waals surface area contributed by atoms with Crippen LogP contribution in [0.1, 0.15) is 18.9 Å². The minimum atomic E-state index is -2.86. The molecule has 0 aliphatic rings. The Bertz CT molecular complexity index is 500. The number of terminal acetylenes is 1. The fraction of sp³-hybridized carbons (Fsp3) is 0.385. The van der Waals surface area contributed by atoms with Gasteiger partial charge in [-0.2, -0.15) is 0 Å². The van der Waals surface area contributed by atoms with Gasteiger partial charge in [0.05, 0.1) is 5.75 Å². The third-order valence-corrected chi connectivity index (χ3v) is 4.22. The minimum Gasteiger partial charge on any atom is -0.385 e. The highest BCUT2D eigenvalue weighted by molar-refractivity contribution is 7.91. The van der Waals surface area contributed by atoms with E-state index < -0.39 is 9.84 Å². The van der Waals surface area contributed by atoms with Gasteiger partial charge in [-0.05, 0) is 24.6 Å². The Morgan fingerprint density at radius 3 is 2.82 bits per heavy atom. The van der Waals surface area contributed by atoms with Crippen LogP contribution in [0.3, 0.4) is 0 Å². The average Bonchev–Trinajstić information content (AvgIpc) is 2.35. The maximum Gasteiger partial charge on any atom is 0.150 e. The zero-order valence-electron chi connectivity index (χ0n) is 9.94. The smallest absolute Gasteiger partial charge is 0.150 e. The molecule has 0 amide bonds. The van der Waals surface area contributed by atoms with Crippen molar-refractivity contribution in [3.63, 3.8) is 0 Å². The number of hydrogen-bond acceptors (Lipinski definition) is 3. The summed E-state index contributed by atoms with van der Waals surface area (Å²) in [5.74, 6) is 2.99. The van der Waals surface area contributed by atoms with Gasteiger partial charge < -0.3 is 5.32 Å². The summed E-state index contributed by atoms with van der Waals surface area (Å²) in [5.41, 5.74) is 1.74. The highest BCUT2D eigenvalue weighted by Crippen LogP contribution is 2.09. The Kier molecular flexibility index (Phi) is 5.05. The van der Waals surface area contributed by atoms with E-state index in [-0.39, 0.29) is 11.5 Å². The van der Waals surface area contributed by atoms with E-state index in [9.17, 15) is 8.42 Å². The van der Waals surface area contributed by atoms with Crippen LogP contribution in [0.15, 0.2) is 24.3 Å². The molecule has 0 heterocycles. The molecule has 0 aliphatic carbocycles. The summed E-state index contributed by atoms with van der Waals surface area (Å²) >= 11 is 0. The Hall–Kier alpha value is -1.47. The molecule has 0 radical (unpaired) electrons. The summed E-state index contributed by atoms with van der Waals surface area (Å²) in [7, 11) is -2.86. The molecule has 4 heteroatoms. The first-order valence-electron chi connectivity index (χ1n) is 5.58. The topological polar surface area (TPSA) is 46.2 Å². The second kappa shape index (κ2) is 6.31. The van der Waals surface area contributed by atoms with Gasteiger partial charge in [0.1, 0.15) is 9.84 Å². The van der Waals surface area contributed by atoms with Crippen LogP contribution in [0, 0.1) is 12.3 Å². The Labute approximate surface area is 103 Å². The molecule has 0 saturated carbocycles. The SMILES string of the molecule is C#Cc1cccc(NCCCS(=O)(=O)CC)c1. The van der Waals surface area contributed by atoms with Crippen LogP contribution in [0.5, 0.6) is 0 Å². The second-order valence-electron chi connectivity index (χ2n) is 3.74. The summed E-state index contributed by atoms with van der Waals surface area (Å²) in [4.78, 5) is 0. The number of nitrogens with one attached hydrogen (secondary N) is 1. The van der Waals surface area contributed by atoms with Gasteiger partial charge >= 0.3 is 0 Å². The number of rotatable bonds is 6. The van der Waals surface area contributed by atoms with Crippen molar-refractivity contribution in [2.45, 2.75) is 13.3 Å². The molecule has 0 bridgehead atoms. The van der Waals surface area contributed by atoms with Gasteiger partial charge in [-0.1, -0.05) is 18.9 Å². The highest BCUT2D eigenvalue weighted by Gasteiger charge is 2.05. The lowest BCUT2D eigenvalue weighted by atomic mass is 10.2. The van der Waals surface area contributed by atoms with E-state index in [1.165, 1.54) is 0 Å². The fourth-order valence-corrected chi connectivity index (χ4v) is 2.26. The molecule has 3 nitrogen and oxygen atoms in total. The van der Waals surface area contributed by atoms with Crippen LogP contribution in [-0.4, -0.2) is 26.5 Å². The van der Waals surface area contributed by atoms with Crippen LogP contribution >= 0.6 is 0 Å². The predicted octanol–water partition coefficient (Wildman–Crippen LogP) is 1.90. The van der Waals surface area contributed by atoms with Gasteiger partial charge in [-0.3, -0.25) is 0 Å². The summed E-state index contributed by atoms with van der Waals surface area (Å²) in [6, 6.07) is 7.51. The quantitative estimate of drug-likeness (QED) is 0.620. The monoisotopic (exact) mass is 251 g/mol. The normalized spacial score (nSPS) is 10.8. The van der Waals surface area contributed by atoms with Crippen LogP contribution in [0.2, 0.25) is 0 Å². The summed E-state index contributed by atoms with van der Waals surface area (Å²) in [6.07, 6.45) is 5.90. The molecule has 92 valence electrons. The first-order chi connectivity index (χ1) is 8.07. The second-order valence-corrected chi connectivity index (χ2v) is 6.21. The molecule has 17 heavy (non-hydrogen) atoms. The van der Waals surface area contributed by atoms with Gasteiger partial charge in [0.2, 0.25) is 0 Å².